The lowest BCUT2D eigenvalue weighted by atomic mass is 9.73. The normalized spacial score (nSPS) is 31.5. The molecule has 2 saturated heterocycles. The van der Waals surface area contributed by atoms with Gasteiger partial charge in [-0.15, -0.1) is 0 Å². The first kappa shape index (κ1) is 33.4. The number of nitrogens with one attached hydrogen (secondary N) is 1. The average molecular weight is 614 g/mol. The molecule has 0 unspecified atom stereocenters. The number of rotatable bonds is 9. The van der Waals surface area contributed by atoms with Gasteiger partial charge in [-0.25, -0.2) is 4.79 Å². The molecule has 5 rings (SSSR count). The molecule has 5 atom stereocenters. The summed E-state index contributed by atoms with van der Waals surface area (Å²) in [5.41, 5.74) is -0.565. The molecule has 8 nitrogen and oxygen atoms in total. The number of aliphatic carboxylic acids is 1. The summed E-state index contributed by atoms with van der Waals surface area (Å²) in [5, 5.41) is 13.6. The van der Waals surface area contributed by atoms with E-state index in [9.17, 15) is 24.3 Å². The number of carboxylic acids is 1. The highest BCUT2D eigenvalue weighted by Crippen LogP contribution is 2.88. The Labute approximate surface area is 265 Å². The van der Waals surface area contributed by atoms with Crippen LogP contribution in [-0.2, 0) is 19.2 Å². The average Bonchev–Trinajstić information content (AvgIpc) is 3.18. The van der Waals surface area contributed by atoms with Crippen LogP contribution in [0.15, 0.2) is 0 Å². The van der Waals surface area contributed by atoms with Gasteiger partial charge in [-0.2, -0.15) is 0 Å². The zero-order valence-electron chi connectivity index (χ0n) is 28.5. The predicted octanol–water partition coefficient (Wildman–Crippen LogP) is 5.82. The Kier molecular flexibility index (Phi) is 9.11. The van der Waals surface area contributed by atoms with Gasteiger partial charge in [-0.05, 0) is 87.5 Å². The van der Waals surface area contributed by atoms with Crippen LogP contribution in [0, 0.1) is 33.5 Å². The SMILES string of the molecule is CC(C)N1CCCC[C@H]1C(=O)N[C@H](C(=O)C[C@H](C(=O)N1C[C@]2(C[C@H]1C(=O)O)C(C)(C)C21CCC1)C(C)(C)C)C1CCCCC1. The van der Waals surface area contributed by atoms with Crippen molar-refractivity contribution >= 4 is 23.6 Å². The molecule has 3 saturated carbocycles. The fraction of sp³-hybridized carbons (Fsp3) is 0.889. The number of hydrogen-bond acceptors (Lipinski definition) is 5. The molecule has 44 heavy (non-hydrogen) atoms. The van der Waals surface area contributed by atoms with E-state index in [-0.39, 0.29) is 58.3 Å². The Morgan fingerprint density at radius 3 is 2.05 bits per heavy atom. The minimum Gasteiger partial charge on any atom is -0.480 e. The van der Waals surface area contributed by atoms with E-state index in [0.717, 1.165) is 70.8 Å². The fourth-order valence-corrected chi connectivity index (χ4v) is 10.4. The number of hydrogen-bond donors (Lipinski definition) is 2. The summed E-state index contributed by atoms with van der Waals surface area (Å²) in [6.45, 7) is 16.1. The van der Waals surface area contributed by atoms with Crippen molar-refractivity contribution in [2.75, 3.05) is 13.1 Å². The number of piperidine rings is 1. The first-order chi connectivity index (χ1) is 20.6. The van der Waals surface area contributed by atoms with Gasteiger partial charge in [0.05, 0.1) is 12.1 Å². The Bertz CT molecular complexity index is 1130. The minimum atomic E-state index is -0.944. The number of carbonyl (C=O) groups is 4. The van der Waals surface area contributed by atoms with Crippen LogP contribution < -0.4 is 5.32 Å². The van der Waals surface area contributed by atoms with Crippen molar-refractivity contribution in [1.29, 1.82) is 0 Å². The van der Waals surface area contributed by atoms with Gasteiger partial charge in [0.25, 0.3) is 0 Å². The van der Waals surface area contributed by atoms with Crippen LogP contribution in [0.1, 0.15) is 132 Å². The smallest absolute Gasteiger partial charge is 0.326 e. The Morgan fingerprint density at radius 2 is 1.52 bits per heavy atom. The Morgan fingerprint density at radius 1 is 0.886 bits per heavy atom. The number of Topliss-reactive ketones (excluding diaryl/α,β-unsaturated/α-hetero) is 1. The van der Waals surface area contributed by atoms with Gasteiger partial charge in [0.15, 0.2) is 5.78 Å². The van der Waals surface area contributed by atoms with E-state index in [2.05, 4.69) is 37.9 Å². The van der Waals surface area contributed by atoms with Gasteiger partial charge in [-0.1, -0.05) is 66.7 Å². The van der Waals surface area contributed by atoms with E-state index in [1.807, 2.05) is 20.8 Å². The van der Waals surface area contributed by atoms with Crippen molar-refractivity contribution in [1.82, 2.24) is 15.1 Å². The van der Waals surface area contributed by atoms with Crippen LogP contribution in [0.4, 0.5) is 0 Å². The lowest BCUT2D eigenvalue weighted by Crippen LogP contribution is -2.57. The van der Waals surface area contributed by atoms with Crippen LogP contribution in [0.3, 0.4) is 0 Å². The molecule has 2 heterocycles. The topological polar surface area (TPSA) is 107 Å². The van der Waals surface area contributed by atoms with Gasteiger partial charge < -0.3 is 15.3 Å². The second-order valence-corrected chi connectivity index (χ2v) is 17.0. The highest BCUT2D eigenvalue weighted by molar-refractivity contribution is 5.95. The summed E-state index contributed by atoms with van der Waals surface area (Å²) >= 11 is 0. The van der Waals surface area contributed by atoms with Gasteiger partial charge >= 0.3 is 5.97 Å². The molecule has 2 N–H and O–H groups in total. The molecule has 5 fully saturated rings. The number of ketones is 1. The van der Waals surface area contributed by atoms with Crippen molar-refractivity contribution in [2.24, 2.45) is 33.5 Å². The van der Waals surface area contributed by atoms with E-state index in [0.29, 0.717) is 13.0 Å². The highest BCUT2D eigenvalue weighted by atomic mass is 16.4. The third-order valence-corrected chi connectivity index (χ3v) is 13.4. The van der Waals surface area contributed by atoms with Gasteiger partial charge in [-0.3, -0.25) is 19.3 Å². The molecule has 0 aromatic heterocycles. The molecule has 0 bridgehead atoms. The van der Waals surface area contributed by atoms with Crippen molar-refractivity contribution in [2.45, 2.75) is 156 Å². The fourth-order valence-electron chi connectivity index (χ4n) is 10.4. The highest BCUT2D eigenvalue weighted by Gasteiger charge is 2.85. The van der Waals surface area contributed by atoms with E-state index >= 15 is 0 Å². The quantitative estimate of drug-likeness (QED) is 0.340. The van der Waals surface area contributed by atoms with E-state index < -0.39 is 29.4 Å². The molecular weight excluding hydrogens is 554 g/mol. The lowest BCUT2D eigenvalue weighted by Gasteiger charge is -2.40. The van der Waals surface area contributed by atoms with Crippen LogP contribution in [-0.4, -0.2) is 75.7 Å². The van der Waals surface area contributed by atoms with Crippen LogP contribution >= 0.6 is 0 Å². The molecule has 0 aromatic carbocycles. The molecule has 8 heteroatoms. The van der Waals surface area contributed by atoms with Gasteiger partial charge in [0.2, 0.25) is 11.8 Å². The number of likely N-dealkylation sites (tertiary alicyclic amines) is 2. The standard InChI is InChI=1S/C36H59N3O5/c1-23(2)38-19-12-11-16-26(38)30(41)37-29(24-14-9-8-10-15-24)28(40)20-25(33(3,4)5)31(42)39-22-36(21-27(39)32(43)44)34(6,7)35(36)17-13-18-35/h23-27,29H,8-22H2,1-7H3,(H,37,41)(H,43,44)/t25-,26+,27+,29+,36-/m1/s1. The molecule has 0 radical (unpaired) electrons. The third kappa shape index (κ3) is 5.43. The summed E-state index contributed by atoms with van der Waals surface area (Å²) in [6.07, 6.45) is 11.8. The van der Waals surface area contributed by atoms with Crippen LogP contribution in [0.25, 0.3) is 0 Å². The maximum Gasteiger partial charge on any atom is 0.326 e. The molecule has 2 amide bonds. The summed E-state index contributed by atoms with van der Waals surface area (Å²) in [6, 6.07) is -1.46. The van der Waals surface area contributed by atoms with Crippen LogP contribution in [0.2, 0.25) is 0 Å². The second-order valence-electron chi connectivity index (χ2n) is 17.0. The van der Waals surface area contributed by atoms with Crippen molar-refractivity contribution in [3.63, 3.8) is 0 Å². The number of amides is 2. The molecule has 248 valence electrons. The summed E-state index contributed by atoms with van der Waals surface area (Å²) in [5.74, 6) is -1.88. The number of carboxylic acid groups (broad SMARTS) is 1. The summed E-state index contributed by atoms with van der Waals surface area (Å²) in [4.78, 5) is 59.1. The Balaban J connectivity index is 1.37. The maximum absolute atomic E-state index is 14.5. The summed E-state index contributed by atoms with van der Waals surface area (Å²) in [7, 11) is 0. The van der Waals surface area contributed by atoms with Gasteiger partial charge in [0, 0.05) is 30.3 Å². The molecule has 0 aromatic rings. The number of fused-ring (bicyclic) bond motifs is 1. The molecule has 2 spiro atoms. The van der Waals surface area contributed by atoms with Gasteiger partial charge in [0.1, 0.15) is 6.04 Å². The van der Waals surface area contributed by atoms with Crippen molar-refractivity contribution < 1.29 is 24.3 Å². The Hall–Kier alpha value is -1.96. The third-order valence-electron chi connectivity index (χ3n) is 13.4. The van der Waals surface area contributed by atoms with Crippen molar-refractivity contribution in [3.05, 3.63) is 0 Å². The first-order valence-electron chi connectivity index (χ1n) is 17.7. The first-order valence-corrected chi connectivity index (χ1v) is 17.7. The van der Waals surface area contributed by atoms with E-state index in [4.69, 9.17) is 0 Å². The molecular formula is C36H59N3O5. The zero-order chi connectivity index (χ0) is 32.2. The predicted molar refractivity (Wildman–Crippen MR) is 171 cm³/mol. The largest absolute Gasteiger partial charge is 0.480 e. The zero-order valence-corrected chi connectivity index (χ0v) is 28.5. The molecule has 5 aliphatic rings. The maximum atomic E-state index is 14.5. The number of carbonyl (C=O) groups excluding carboxylic acids is 3. The lowest BCUT2D eigenvalue weighted by molar-refractivity contribution is -0.152. The molecule has 3 aliphatic carbocycles. The summed E-state index contributed by atoms with van der Waals surface area (Å²) < 4.78 is 0. The number of nitrogens with zero attached hydrogens (tertiary/aromatic N) is 2. The second kappa shape index (κ2) is 12.0. The van der Waals surface area contributed by atoms with Crippen LogP contribution in [0.5, 0.6) is 0 Å². The monoisotopic (exact) mass is 613 g/mol. The van der Waals surface area contributed by atoms with Crippen molar-refractivity contribution in [3.8, 4) is 0 Å². The van der Waals surface area contributed by atoms with E-state index in [1.165, 1.54) is 6.42 Å². The molecule has 2 aliphatic heterocycles. The van der Waals surface area contributed by atoms with E-state index in [1.54, 1.807) is 4.90 Å². The minimum absolute atomic E-state index is 0.00732.